The quantitative estimate of drug-likeness (QED) is 0.321. The highest BCUT2D eigenvalue weighted by atomic mass is 16.5. The number of anilines is 1. The van der Waals surface area contributed by atoms with E-state index < -0.39 is 18.0 Å². The van der Waals surface area contributed by atoms with Crippen LogP contribution >= 0.6 is 0 Å². The van der Waals surface area contributed by atoms with Crippen LogP contribution in [-0.4, -0.2) is 47.7 Å². The number of benzene rings is 1. The van der Waals surface area contributed by atoms with E-state index >= 15 is 0 Å². The van der Waals surface area contributed by atoms with Gasteiger partial charge in [-0.15, -0.1) is 0 Å². The number of amides is 1. The Hall–Kier alpha value is -4.34. The maximum Gasteiger partial charge on any atom is 0.331 e. The van der Waals surface area contributed by atoms with E-state index in [2.05, 4.69) is 54.6 Å². The Labute approximate surface area is 196 Å². The molecule has 0 radical (unpaired) electrons. The molecule has 1 atom stereocenters. The first-order valence-corrected chi connectivity index (χ1v) is 10.7. The number of carbonyl (C=O) groups is 2. The van der Waals surface area contributed by atoms with E-state index in [1.807, 2.05) is 25.5 Å². The van der Waals surface area contributed by atoms with Crippen LogP contribution in [0.1, 0.15) is 35.0 Å². The fourth-order valence-electron chi connectivity index (χ4n) is 3.47. The first-order valence-electron chi connectivity index (χ1n) is 10.7. The van der Waals surface area contributed by atoms with E-state index in [4.69, 9.17) is 4.74 Å². The summed E-state index contributed by atoms with van der Waals surface area (Å²) in [6.07, 6.45) is 4.68. The maximum absolute atomic E-state index is 12.5. The number of rotatable bonds is 7. The largest absolute Gasteiger partial charge is 0.449 e. The Morgan fingerprint density at radius 1 is 1.15 bits per heavy atom. The van der Waals surface area contributed by atoms with Crippen molar-refractivity contribution in [3.8, 4) is 0 Å². The van der Waals surface area contributed by atoms with E-state index in [0.29, 0.717) is 17.7 Å². The van der Waals surface area contributed by atoms with Gasteiger partial charge in [0.05, 0.1) is 18.6 Å². The second kappa shape index (κ2) is 9.65. The SMILES string of the molecule is Cc1ccc(Cn2nc(C)c(/C=C/C(=O)OC(C)C(=O)Nc3ncnc4nc[nH]c34)c2C)cc1. The Bertz CT molecular complexity index is 1370. The minimum Gasteiger partial charge on any atom is -0.449 e. The minimum absolute atomic E-state index is 0.262. The van der Waals surface area contributed by atoms with Gasteiger partial charge < -0.3 is 15.0 Å². The van der Waals surface area contributed by atoms with E-state index in [1.165, 1.54) is 31.2 Å². The van der Waals surface area contributed by atoms with Gasteiger partial charge in [-0.2, -0.15) is 5.10 Å². The number of aromatic amines is 1. The number of ether oxygens (including phenoxy) is 1. The monoisotopic (exact) mass is 459 g/mol. The highest BCUT2D eigenvalue weighted by molar-refractivity contribution is 6.00. The number of fused-ring (bicyclic) bond motifs is 1. The summed E-state index contributed by atoms with van der Waals surface area (Å²) in [6, 6.07) is 8.28. The normalized spacial score (nSPS) is 12.2. The molecule has 0 fully saturated rings. The number of aryl methyl sites for hydroxylation is 2. The highest BCUT2D eigenvalue weighted by Crippen LogP contribution is 2.18. The van der Waals surface area contributed by atoms with Gasteiger partial charge >= 0.3 is 5.97 Å². The van der Waals surface area contributed by atoms with Gasteiger partial charge in [-0.05, 0) is 39.3 Å². The lowest BCUT2D eigenvalue weighted by atomic mass is 10.1. The molecule has 10 heteroatoms. The molecule has 10 nitrogen and oxygen atoms in total. The van der Waals surface area contributed by atoms with Gasteiger partial charge in [-0.3, -0.25) is 9.48 Å². The standard InChI is InChI=1S/C24H25N7O3/c1-14-5-7-18(8-6-14)11-31-16(3)19(15(2)30-31)9-10-20(32)34-17(4)24(33)29-23-21-22(26-12-25-21)27-13-28-23/h5-10,12-13,17H,11H2,1-4H3,(H2,25,26,27,28,29,33)/b10-9+. The lowest BCUT2D eigenvalue weighted by Gasteiger charge is -2.12. The van der Waals surface area contributed by atoms with Crippen molar-refractivity contribution in [3.05, 3.63) is 71.1 Å². The molecule has 1 unspecified atom stereocenters. The van der Waals surface area contributed by atoms with Crippen LogP contribution in [0.25, 0.3) is 17.2 Å². The lowest BCUT2D eigenvalue weighted by Crippen LogP contribution is -2.29. The molecule has 0 aliphatic heterocycles. The van der Waals surface area contributed by atoms with Crippen molar-refractivity contribution in [3.63, 3.8) is 0 Å². The highest BCUT2D eigenvalue weighted by Gasteiger charge is 2.19. The predicted octanol–water partition coefficient (Wildman–Crippen LogP) is 3.11. The second-order valence-electron chi connectivity index (χ2n) is 7.95. The van der Waals surface area contributed by atoms with Gasteiger partial charge in [0, 0.05) is 17.3 Å². The van der Waals surface area contributed by atoms with Crippen molar-refractivity contribution in [1.29, 1.82) is 0 Å². The summed E-state index contributed by atoms with van der Waals surface area (Å²) in [5.41, 5.74) is 5.82. The fourth-order valence-corrected chi connectivity index (χ4v) is 3.47. The number of hydrogen-bond donors (Lipinski definition) is 2. The van der Waals surface area contributed by atoms with Crippen molar-refractivity contribution in [2.45, 2.75) is 40.3 Å². The molecule has 0 saturated heterocycles. The predicted molar refractivity (Wildman–Crippen MR) is 127 cm³/mol. The molecule has 1 amide bonds. The summed E-state index contributed by atoms with van der Waals surface area (Å²) in [6.45, 7) is 8.01. The van der Waals surface area contributed by atoms with Crippen LogP contribution in [0.3, 0.4) is 0 Å². The van der Waals surface area contributed by atoms with Crippen molar-refractivity contribution < 1.29 is 14.3 Å². The van der Waals surface area contributed by atoms with Gasteiger partial charge in [0.25, 0.3) is 5.91 Å². The summed E-state index contributed by atoms with van der Waals surface area (Å²) < 4.78 is 7.16. The zero-order valence-electron chi connectivity index (χ0n) is 19.4. The summed E-state index contributed by atoms with van der Waals surface area (Å²) in [5.74, 6) is -0.894. The molecule has 0 saturated carbocycles. The third-order valence-corrected chi connectivity index (χ3v) is 5.40. The van der Waals surface area contributed by atoms with Crippen LogP contribution in [0.15, 0.2) is 43.0 Å². The molecular formula is C24H25N7O3. The van der Waals surface area contributed by atoms with Crippen LogP contribution in [-0.2, 0) is 20.9 Å². The third-order valence-electron chi connectivity index (χ3n) is 5.40. The number of nitrogens with one attached hydrogen (secondary N) is 2. The summed E-state index contributed by atoms with van der Waals surface area (Å²) in [4.78, 5) is 39.7. The first-order chi connectivity index (χ1) is 16.3. The van der Waals surface area contributed by atoms with Crippen LogP contribution in [0.4, 0.5) is 5.82 Å². The molecule has 2 N–H and O–H groups in total. The lowest BCUT2D eigenvalue weighted by molar-refractivity contribution is -0.148. The molecule has 3 heterocycles. The summed E-state index contributed by atoms with van der Waals surface area (Å²) in [7, 11) is 0. The zero-order valence-corrected chi connectivity index (χ0v) is 19.4. The molecule has 0 aliphatic carbocycles. The molecule has 34 heavy (non-hydrogen) atoms. The Morgan fingerprint density at radius 2 is 1.91 bits per heavy atom. The Kier molecular flexibility index (Phi) is 6.48. The van der Waals surface area contributed by atoms with Gasteiger partial charge in [-0.25, -0.2) is 19.7 Å². The van der Waals surface area contributed by atoms with E-state index in [9.17, 15) is 9.59 Å². The molecular weight excluding hydrogens is 434 g/mol. The van der Waals surface area contributed by atoms with E-state index in [1.54, 1.807) is 6.08 Å². The second-order valence-corrected chi connectivity index (χ2v) is 7.95. The van der Waals surface area contributed by atoms with E-state index in [-0.39, 0.29) is 5.82 Å². The molecule has 3 aromatic heterocycles. The fraction of sp³-hybridized carbons (Fsp3) is 0.250. The third kappa shape index (κ3) is 5.01. The average Bonchev–Trinajstić information content (AvgIpc) is 3.39. The molecule has 1 aromatic carbocycles. The molecule has 4 aromatic rings. The number of carbonyl (C=O) groups excluding carboxylic acids is 2. The van der Waals surface area contributed by atoms with Gasteiger partial charge in [-0.1, -0.05) is 29.8 Å². The first kappa shape index (κ1) is 22.8. The van der Waals surface area contributed by atoms with Gasteiger partial charge in [0.2, 0.25) is 0 Å². The van der Waals surface area contributed by atoms with Crippen molar-refractivity contribution in [2.24, 2.45) is 0 Å². The molecule has 0 bridgehead atoms. The van der Waals surface area contributed by atoms with Crippen LogP contribution < -0.4 is 5.32 Å². The zero-order chi connectivity index (χ0) is 24.2. The number of nitrogens with zero attached hydrogens (tertiary/aromatic N) is 5. The van der Waals surface area contributed by atoms with Crippen molar-refractivity contribution in [1.82, 2.24) is 29.7 Å². The molecule has 174 valence electrons. The Morgan fingerprint density at radius 3 is 2.68 bits per heavy atom. The molecule has 0 aliphatic rings. The average molecular weight is 460 g/mol. The van der Waals surface area contributed by atoms with Crippen LogP contribution in [0.5, 0.6) is 0 Å². The molecule has 0 spiro atoms. The number of aromatic nitrogens is 6. The minimum atomic E-state index is -1.03. The van der Waals surface area contributed by atoms with Crippen LogP contribution in [0.2, 0.25) is 0 Å². The van der Waals surface area contributed by atoms with Crippen LogP contribution in [0, 0.1) is 20.8 Å². The number of esters is 1. The number of hydrogen-bond acceptors (Lipinski definition) is 7. The Balaban J connectivity index is 1.38. The number of imidazole rings is 1. The summed E-state index contributed by atoms with van der Waals surface area (Å²) in [5, 5.41) is 7.21. The molecule has 4 rings (SSSR count). The number of H-pyrrole nitrogens is 1. The smallest absolute Gasteiger partial charge is 0.331 e. The van der Waals surface area contributed by atoms with Crippen molar-refractivity contribution >= 4 is 34.9 Å². The van der Waals surface area contributed by atoms with Gasteiger partial charge in [0.1, 0.15) is 11.8 Å². The summed E-state index contributed by atoms with van der Waals surface area (Å²) >= 11 is 0. The topological polar surface area (TPSA) is 128 Å². The van der Waals surface area contributed by atoms with E-state index in [0.717, 1.165) is 22.5 Å². The van der Waals surface area contributed by atoms with Crippen molar-refractivity contribution in [2.75, 3.05) is 5.32 Å². The van der Waals surface area contributed by atoms with Gasteiger partial charge in [0.15, 0.2) is 17.6 Å². The maximum atomic E-state index is 12.5.